The molecule has 0 radical (unpaired) electrons. The van der Waals surface area contributed by atoms with Crippen molar-refractivity contribution >= 4 is 16.7 Å². The minimum atomic E-state index is -0.278. The summed E-state index contributed by atoms with van der Waals surface area (Å²) in [6, 6.07) is 21.0. The van der Waals surface area contributed by atoms with Crippen LogP contribution >= 0.6 is 0 Å². The summed E-state index contributed by atoms with van der Waals surface area (Å²) in [6.07, 6.45) is -0.111. The number of methoxy groups -OCH3 is 1. The molecule has 146 valence electrons. The number of fused-ring (bicyclic) bond motifs is 1. The zero-order chi connectivity index (χ0) is 20.4. The number of hydrogen-bond acceptors (Lipinski definition) is 5. The third-order valence-corrected chi connectivity index (χ3v) is 4.45. The molecule has 0 saturated heterocycles. The van der Waals surface area contributed by atoms with Crippen LogP contribution < -0.4 is 9.47 Å². The molecular formula is C23H21N3O3. The summed E-state index contributed by atoms with van der Waals surface area (Å²) in [6.45, 7) is 3.77. The number of aromatic nitrogens is 3. The molecule has 0 atom stereocenters. The highest BCUT2D eigenvalue weighted by atomic mass is 16.5. The molecule has 6 nitrogen and oxygen atoms in total. The predicted octanol–water partition coefficient (Wildman–Crippen LogP) is 4.58. The van der Waals surface area contributed by atoms with E-state index in [1.807, 2.05) is 74.5 Å². The number of nitrogens with zero attached hydrogens (tertiary/aromatic N) is 3. The van der Waals surface area contributed by atoms with Gasteiger partial charge in [0.05, 0.1) is 13.2 Å². The minimum absolute atomic E-state index is 0.111. The lowest BCUT2D eigenvalue weighted by atomic mass is 10.1. The highest BCUT2D eigenvalue weighted by Crippen LogP contribution is 2.26. The van der Waals surface area contributed by atoms with Gasteiger partial charge in [0.15, 0.2) is 5.82 Å². The zero-order valence-electron chi connectivity index (χ0n) is 16.5. The molecule has 0 amide bonds. The van der Waals surface area contributed by atoms with Gasteiger partial charge in [-0.15, -0.1) is 5.10 Å². The fourth-order valence-electron chi connectivity index (χ4n) is 3.09. The van der Waals surface area contributed by atoms with Crippen LogP contribution in [0.3, 0.4) is 0 Å². The molecule has 1 heterocycles. The molecule has 4 aromatic rings. The number of carbonyl (C=O) groups excluding carboxylic acids is 1. The average molecular weight is 387 g/mol. The summed E-state index contributed by atoms with van der Waals surface area (Å²) in [4.78, 5) is 17.8. The fraction of sp³-hybridized carbons (Fsp3) is 0.174. The molecule has 0 bridgehead atoms. The summed E-state index contributed by atoms with van der Waals surface area (Å²) < 4.78 is 12.2. The van der Waals surface area contributed by atoms with Crippen molar-refractivity contribution in [2.24, 2.45) is 0 Å². The van der Waals surface area contributed by atoms with Crippen molar-refractivity contribution in [3.63, 3.8) is 0 Å². The third kappa shape index (κ3) is 3.82. The second kappa shape index (κ2) is 7.75. The SMILES string of the molecule is COc1cccc(-c2nc(OC(C)C)nn2C(=O)c2ccc3ccccc3c2)c1. The Morgan fingerprint density at radius 1 is 0.966 bits per heavy atom. The molecule has 0 aliphatic carbocycles. The summed E-state index contributed by atoms with van der Waals surface area (Å²) in [5.74, 6) is 0.791. The van der Waals surface area contributed by atoms with E-state index >= 15 is 0 Å². The number of carbonyl (C=O) groups is 1. The Morgan fingerprint density at radius 2 is 1.76 bits per heavy atom. The van der Waals surface area contributed by atoms with Gasteiger partial charge in [0, 0.05) is 11.1 Å². The lowest BCUT2D eigenvalue weighted by Gasteiger charge is -2.07. The second-order valence-electron chi connectivity index (χ2n) is 6.90. The van der Waals surface area contributed by atoms with Crippen LogP contribution in [0.1, 0.15) is 24.2 Å². The van der Waals surface area contributed by atoms with Crippen LogP contribution in [0.2, 0.25) is 0 Å². The number of ether oxygens (including phenoxy) is 2. The van der Waals surface area contributed by atoms with Gasteiger partial charge in [-0.25, -0.2) is 0 Å². The van der Waals surface area contributed by atoms with Gasteiger partial charge in [0.25, 0.3) is 5.91 Å². The summed E-state index contributed by atoms with van der Waals surface area (Å²) in [5, 5.41) is 6.39. The molecule has 4 rings (SSSR count). The molecule has 0 aliphatic rings. The second-order valence-corrected chi connectivity index (χ2v) is 6.90. The predicted molar refractivity (Wildman–Crippen MR) is 111 cm³/mol. The van der Waals surface area contributed by atoms with Gasteiger partial charge in [-0.05, 0) is 48.9 Å². The molecule has 3 aromatic carbocycles. The normalized spacial score (nSPS) is 11.0. The van der Waals surface area contributed by atoms with Crippen molar-refractivity contribution in [1.29, 1.82) is 0 Å². The Bertz CT molecular complexity index is 1180. The molecule has 0 aliphatic heterocycles. The lowest BCUT2D eigenvalue weighted by molar-refractivity contribution is 0.0943. The Morgan fingerprint density at radius 3 is 2.52 bits per heavy atom. The van der Waals surface area contributed by atoms with Crippen molar-refractivity contribution in [3.8, 4) is 23.1 Å². The van der Waals surface area contributed by atoms with Gasteiger partial charge in [-0.1, -0.05) is 42.5 Å². The average Bonchev–Trinajstić information content (AvgIpc) is 3.16. The molecule has 0 spiro atoms. The lowest BCUT2D eigenvalue weighted by Crippen LogP contribution is -2.15. The largest absolute Gasteiger partial charge is 0.497 e. The van der Waals surface area contributed by atoms with E-state index in [9.17, 15) is 4.79 Å². The third-order valence-electron chi connectivity index (χ3n) is 4.45. The Balaban J connectivity index is 1.81. The standard InChI is InChI=1S/C23H21N3O3/c1-15(2)29-23-24-21(18-9-6-10-20(14-18)28-3)26(25-23)22(27)19-12-11-16-7-4-5-8-17(16)13-19/h4-15H,1-3H3. The van der Waals surface area contributed by atoms with Crippen molar-refractivity contribution in [2.45, 2.75) is 20.0 Å². The van der Waals surface area contributed by atoms with Gasteiger partial charge in [-0.2, -0.15) is 9.67 Å². The van der Waals surface area contributed by atoms with Gasteiger partial charge in [0.1, 0.15) is 5.75 Å². The van der Waals surface area contributed by atoms with Crippen LogP contribution in [0.4, 0.5) is 0 Å². The molecular weight excluding hydrogens is 366 g/mol. The van der Waals surface area contributed by atoms with E-state index in [4.69, 9.17) is 9.47 Å². The Kier molecular flexibility index (Phi) is 4.99. The van der Waals surface area contributed by atoms with E-state index in [-0.39, 0.29) is 18.0 Å². The quantitative estimate of drug-likeness (QED) is 0.501. The Labute approximate surface area is 168 Å². The molecule has 0 N–H and O–H groups in total. The number of hydrogen-bond donors (Lipinski definition) is 0. The van der Waals surface area contributed by atoms with Gasteiger partial charge < -0.3 is 9.47 Å². The van der Waals surface area contributed by atoms with Gasteiger partial charge >= 0.3 is 6.01 Å². The van der Waals surface area contributed by atoms with Gasteiger partial charge in [-0.3, -0.25) is 4.79 Å². The van der Waals surface area contributed by atoms with Crippen LogP contribution in [0.5, 0.6) is 11.8 Å². The molecule has 0 unspecified atom stereocenters. The monoisotopic (exact) mass is 387 g/mol. The van der Waals surface area contributed by atoms with E-state index in [1.54, 1.807) is 13.2 Å². The van der Waals surface area contributed by atoms with Crippen LogP contribution in [-0.4, -0.2) is 33.9 Å². The van der Waals surface area contributed by atoms with Crippen molar-refractivity contribution in [1.82, 2.24) is 14.8 Å². The Hall–Kier alpha value is -3.67. The smallest absolute Gasteiger partial charge is 0.336 e. The van der Waals surface area contributed by atoms with Crippen LogP contribution in [0.25, 0.3) is 22.2 Å². The molecule has 0 fully saturated rings. The summed E-state index contributed by atoms with van der Waals surface area (Å²) in [7, 11) is 1.59. The van der Waals surface area contributed by atoms with E-state index in [1.165, 1.54) is 4.68 Å². The zero-order valence-corrected chi connectivity index (χ0v) is 16.5. The van der Waals surface area contributed by atoms with Crippen LogP contribution in [-0.2, 0) is 0 Å². The first-order valence-electron chi connectivity index (χ1n) is 9.37. The first kappa shape index (κ1) is 18.7. The molecule has 6 heteroatoms. The van der Waals surface area contributed by atoms with E-state index in [2.05, 4.69) is 10.1 Å². The summed E-state index contributed by atoms with van der Waals surface area (Å²) in [5.41, 5.74) is 1.23. The summed E-state index contributed by atoms with van der Waals surface area (Å²) >= 11 is 0. The van der Waals surface area contributed by atoms with E-state index in [0.717, 1.165) is 10.8 Å². The topological polar surface area (TPSA) is 66.2 Å². The first-order valence-corrected chi connectivity index (χ1v) is 9.37. The van der Waals surface area contributed by atoms with E-state index in [0.29, 0.717) is 22.7 Å². The number of benzene rings is 3. The highest BCUT2D eigenvalue weighted by Gasteiger charge is 2.21. The molecule has 1 aromatic heterocycles. The number of rotatable bonds is 5. The maximum Gasteiger partial charge on any atom is 0.336 e. The maximum atomic E-state index is 13.3. The van der Waals surface area contributed by atoms with E-state index < -0.39 is 0 Å². The van der Waals surface area contributed by atoms with Crippen LogP contribution in [0, 0.1) is 0 Å². The first-order chi connectivity index (χ1) is 14.0. The molecule has 0 saturated carbocycles. The molecule has 29 heavy (non-hydrogen) atoms. The van der Waals surface area contributed by atoms with Crippen molar-refractivity contribution in [3.05, 3.63) is 72.3 Å². The maximum absolute atomic E-state index is 13.3. The van der Waals surface area contributed by atoms with Gasteiger partial charge in [0.2, 0.25) is 0 Å². The van der Waals surface area contributed by atoms with Crippen molar-refractivity contribution in [2.75, 3.05) is 7.11 Å². The minimum Gasteiger partial charge on any atom is -0.497 e. The highest BCUT2D eigenvalue weighted by molar-refractivity contribution is 6.00. The van der Waals surface area contributed by atoms with Crippen LogP contribution in [0.15, 0.2) is 66.7 Å². The van der Waals surface area contributed by atoms with Crippen molar-refractivity contribution < 1.29 is 14.3 Å². The fourth-order valence-corrected chi connectivity index (χ4v) is 3.09.